The molecule has 1 aromatic carbocycles. The van der Waals surface area contributed by atoms with Crippen molar-refractivity contribution < 1.29 is 4.74 Å². The first kappa shape index (κ1) is 16.1. The van der Waals surface area contributed by atoms with Crippen molar-refractivity contribution >= 4 is 30.7 Å². The molecular formula is C15H21N3OSSi. The van der Waals surface area contributed by atoms with Gasteiger partial charge < -0.3 is 4.74 Å². The molecule has 0 aliphatic carbocycles. The second kappa shape index (κ2) is 6.65. The van der Waals surface area contributed by atoms with E-state index in [9.17, 15) is 5.26 Å². The number of fused-ring (bicyclic) bond motifs is 1. The van der Waals surface area contributed by atoms with Gasteiger partial charge in [0.2, 0.25) is 0 Å². The van der Waals surface area contributed by atoms with E-state index in [1.807, 2.05) is 23.1 Å². The monoisotopic (exact) mass is 319 g/mol. The summed E-state index contributed by atoms with van der Waals surface area (Å²) in [6.07, 6.45) is 2.03. The minimum absolute atomic E-state index is 0.403. The fourth-order valence-electron chi connectivity index (χ4n) is 2.07. The second-order valence-electron chi connectivity index (χ2n) is 6.16. The molecule has 0 amide bonds. The highest BCUT2D eigenvalue weighted by Crippen LogP contribution is 2.28. The Morgan fingerprint density at radius 2 is 2.14 bits per heavy atom. The first-order valence-corrected chi connectivity index (χ1v) is 11.9. The van der Waals surface area contributed by atoms with Crippen LogP contribution >= 0.6 is 11.8 Å². The van der Waals surface area contributed by atoms with E-state index < -0.39 is 8.07 Å². The summed E-state index contributed by atoms with van der Waals surface area (Å²) < 4.78 is 7.59. The summed E-state index contributed by atoms with van der Waals surface area (Å²) in [5.74, 6) is 0. The second-order valence-corrected chi connectivity index (χ2v) is 12.6. The summed E-state index contributed by atoms with van der Waals surface area (Å²) in [6, 6.07) is 9.26. The number of nitriles is 1. The number of ether oxygens (including phenoxy) is 1. The predicted molar refractivity (Wildman–Crippen MR) is 90.3 cm³/mol. The van der Waals surface area contributed by atoms with E-state index in [0.29, 0.717) is 12.4 Å². The number of aromatic nitrogens is 2. The topological polar surface area (TPSA) is 50.8 Å². The molecule has 0 unspecified atom stereocenters. The first-order valence-electron chi connectivity index (χ1n) is 6.97. The van der Waals surface area contributed by atoms with Gasteiger partial charge >= 0.3 is 0 Å². The minimum atomic E-state index is -1.08. The average molecular weight is 320 g/mol. The summed E-state index contributed by atoms with van der Waals surface area (Å²) in [6.45, 7) is 8.15. The molecule has 0 fully saturated rings. The van der Waals surface area contributed by atoms with Crippen LogP contribution < -0.4 is 0 Å². The molecule has 1 aromatic heterocycles. The Morgan fingerprint density at radius 3 is 2.76 bits per heavy atom. The Kier molecular flexibility index (Phi) is 5.09. The number of para-hydroxylation sites is 1. The molecule has 2 aromatic rings. The molecule has 1 heterocycles. The van der Waals surface area contributed by atoms with Crippen molar-refractivity contribution in [2.75, 3.05) is 12.9 Å². The molecule has 0 saturated carbocycles. The third kappa shape index (κ3) is 3.88. The highest BCUT2D eigenvalue weighted by molar-refractivity contribution is 7.98. The van der Waals surface area contributed by atoms with Crippen LogP contribution in [0.3, 0.4) is 0 Å². The van der Waals surface area contributed by atoms with Gasteiger partial charge in [0.1, 0.15) is 12.8 Å². The van der Waals surface area contributed by atoms with Crippen LogP contribution in [-0.2, 0) is 11.5 Å². The average Bonchev–Trinajstić information content (AvgIpc) is 2.81. The maximum atomic E-state index is 9.22. The van der Waals surface area contributed by atoms with Crippen molar-refractivity contribution in [1.82, 2.24) is 9.78 Å². The number of hydrogen-bond donors (Lipinski definition) is 0. The van der Waals surface area contributed by atoms with Crippen molar-refractivity contribution in [1.29, 1.82) is 5.26 Å². The van der Waals surface area contributed by atoms with Gasteiger partial charge in [-0.05, 0) is 24.4 Å². The molecule has 21 heavy (non-hydrogen) atoms. The summed E-state index contributed by atoms with van der Waals surface area (Å²) in [7, 11) is -1.08. The smallest absolute Gasteiger partial charge is 0.170 e. The summed E-state index contributed by atoms with van der Waals surface area (Å²) >= 11 is 1.66. The predicted octanol–water partition coefficient (Wildman–Crippen LogP) is 3.94. The van der Waals surface area contributed by atoms with Gasteiger partial charge in [-0.1, -0.05) is 25.7 Å². The van der Waals surface area contributed by atoms with Crippen LogP contribution in [0.15, 0.2) is 23.1 Å². The van der Waals surface area contributed by atoms with Crippen LogP contribution in [-0.4, -0.2) is 30.7 Å². The van der Waals surface area contributed by atoms with Gasteiger partial charge in [0.05, 0.1) is 5.52 Å². The van der Waals surface area contributed by atoms with Crippen LogP contribution in [0.4, 0.5) is 0 Å². The van der Waals surface area contributed by atoms with E-state index in [4.69, 9.17) is 4.74 Å². The Labute approximate surface area is 131 Å². The molecule has 0 atom stereocenters. The zero-order valence-electron chi connectivity index (χ0n) is 13.0. The highest BCUT2D eigenvalue weighted by atomic mass is 32.2. The Morgan fingerprint density at radius 1 is 1.38 bits per heavy atom. The van der Waals surface area contributed by atoms with Crippen molar-refractivity contribution in [3.05, 3.63) is 23.9 Å². The molecular weight excluding hydrogens is 298 g/mol. The maximum Gasteiger partial charge on any atom is 0.170 e. The number of hydrogen-bond acceptors (Lipinski definition) is 4. The SMILES string of the molecule is CSc1cccc2c(C#N)nn(COCC[Si](C)(C)C)c12. The Hall–Kier alpha value is -1.29. The van der Waals surface area contributed by atoms with Gasteiger partial charge in [0.15, 0.2) is 5.69 Å². The van der Waals surface area contributed by atoms with Gasteiger partial charge in [-0.15, -0.1) is 11.8 Å². The molecule has 4 nitrogen and oxygen atoms in total. The minimum Gasteiger partial charge on any atom is -0.360 e. The summed E-state index contributed by atoms with van der Waals surface area (Å²) in [5, 5.41) is 14.5. The van der Waals surface area contributed by atoms with Crippen LogP contribution in [0.5, 0.6) is 0 Å². The van der Waals surface area contributed by atoms with Crippen LogP contribution in [0, 0.1) is 11.3 Å². The van der Waals surface area contributed by atoms with E-state index in [-0.39, 0.29) is 0 Å². The van der Waals surface area contributed by atoms with Gasteiger partial charge in [0.25, 0.3) is 0 Å². The van der Waals surface area contributed by atoms with Crippen molar-refractivity contribution in [3.8, 4) is 6.07 Å². The van der Waals surface area contributed by atoms with Crippen LogP contribution in [0.1, 0.15) is 5.69 Å². The zero-order valence-corrected chi connectivity index (χ0v) is 14.8. The first-order chi connectivity index (χ1) is 9.96. The third-order valence-corrected chi connectivity index (χ3v) is 5.74. The van der Waals surface area contributed by atoms with Crippen molar-refractivity contribution in [2.24, 2.45) is 0 Å². The highest BCUT2D eigenvalue weighted by Gasteiger charge is 2.15. The number of rotatable bonds is 6. The molecule has 6 heteroatoms. The maximum absolute atomic E-state index is 9.22. The summed E-state index contributed by atoms with van der Waals surface area (Å²) in [5.41, 5.74) is 1.46. The van der Waals surface area contributed by atoms with Gasteiger partial charge in [-0.25, -0.2) is 4.68 Å². The van der Waals surface area contributed by atoms with Crippen LogP contribution in [0.25, 0.3) is 10.9 Å². The van der Waals surface area contributed by atoms with Gasteiger partial charge in [0, 0.05) is 25.0 Å². The number of thioether (sulfide) groups is 1. The molecule has 0 aliphatic rings. The lowest BCUT2D eigenvalue weighted by Gasteiger charge is -2.15. The molecule has 0 radical (unpaired) electrons. The van der Waals surface area contributed by atoms with Crippen molar-refractivity contribution in [2.45, 2.75) is 37.3 Å². The van der Waals surface area contributed by atoms with Crippen molar-refractivity contribution in [3.63, 3.8) is 0 Å². The Balaban J connectivity index is 2.22. The van der Waals surface area contributed by atoms with E-state index in [2.05, 4.69) is 36.9 Å². The largest absolute Gasteiger partial charge is 0.360 e. The fraction of sp³-hybridized carbons (Fsp3) is 0.467. The molecule has 0 spiro atoms. The molecule has 112 valence electrons. The van der Waals surface area contributed by atoms with Gasteiger partial charge in [-0.2, -0.15) is 10.4 Å². The standard InChI is InChI=1S/C15H21N3OSSi/c1-20-14-7-5-6-12-13(10-16)17-18(15(12)14)11-19-8-9-21(2,3)4/h5-7H,8-9,11H2,1-4H3. The van der Waals surface area contributed by atoms with Gasteiger partial charge in [-0.3, -0.25) is 0 Å². The molecule has 0 bridgehead atoms. The van der Waals surface area contributed by atoms with E-state index in [1.54, 1.807) is 11.8 Å². The molecule has 2 rings (SSSR count). The quantitative estimate of drug-likeness (QED) is 0.460. The number of benzene rings is 1. The molecule has 0 aliphatic heterocycles. The lowest BCUT2D eigenvalue weighted by atomic mass is 10.2. The van der Waals surface area contributed by atoms with E-state index >= 15 is 0 Å². The fourth-order valence-corrected chi connectivity index (χ4v) is 3.45. The third-order valence-electron chi connectivity index (χ3n) is 3.27. The lowest BCUT2D eigenvalue weighted by Crippen LogP contribution is -2.22. The number of nitrogens with zero attached hydrogens (tertiary/aromatic N) is 3. The lowest BCUT2D eigenvalue weighted by molar-refractivity contribution is 0.0813. The Bertz CT molecular complexity index is 670. The van der Waals surface area contributed by atoms with E-state index in [0.717, 1.165) is 28.4 Å². The molecule has 0 saturated heterocycles. The zero-order chi connectivity index (χ0) is 15.5. The van der Waals surface area contributed by atoms with E-state index in [1.165, 1.54) is 0 Å². The molecule has 0 N–H and O–H groups in total. The summed E-state index contributed by atoms with van der Waals surface area (Å²) in [4.78, 5) is 1.12. The van der Waals surface area contributed by atoms with Crippen LogP contribution in [0.2, 0.25) is 25.7 Å². The normalized spacial score (nSPS) is 11.8.